The van der Waals surface area contributed by atoms with Gasteiger partial charge in [0.25, 0.3) is 5.91 Å². The molecule has 0 saturated carbocycles. The Balaban J connectivity index is 2.03. The van der Waals surface area contributed by atoms with Crippen molar-refractivity contribution in [3.8, 4) is 0 Å². The van der Waals surface area contributed by atoms with Crippen molar-refractivity contribution in [1.82, 2.24) is 5.32 Å². The zero-order valence-electron chi connectivity index (χ0n) is 10.5. The molecule has 108 valence electrons. The van der Waals surface area contributed by atoms with Crippen molar-refractivity contribution >= 4 is 68.1 Å². The van der Waals surface area contributed by atoms with Gasteiger partial charge >= 0.3 is 0 Å². The van der Waals surface area contributed by atoms with Crippen LogP contribution in [0.1, 0.15) is 10.4 Å². The topological polar surface area (TPSA) is 41.1 Å². The summed E-state index contributed by atoms with van der Waals surface area (Å²) >= 11 is 20.3. The molecule has 0 aliphatic heterocycles. The molecule has 2 aromatic rings. The van der Waals surface area contributed by atoms with Gasteiger partial charge in [0, 0.05) is 15.1 Å². The van der Waals surface area contributed by atoms with E-state index in [4.69, 9.17) is 35.4 Å². The molecular formula is C14H9BrCl2N2OS. The second-order valence-electron chi connectivity index (χ2n) is 4.04. The lowest BCUT2D eigenvalue weighted by Crippen LogP contribution is -2.34. The largest absolute Gasteiger partial charge is 0.331 e. The fraction of sp³-hybridized carbons (Fsp3) is 0. The molecule has 0 atom stereocenters. The Morgan fingerprint density at radius 1 is 1.14 bits per heavy atom. The minimum atomic E-state index is -0.344. The summed E-state index contributed by atoms with van der Waals surface area (Å²) in [6, 6.07) is 11.9. The zero-order chi connectivity index (χ0) is 15.4. The predicted octanol–water partition coefficient (Wildman–Crippen LogP) is 4.88. The number of thiocarbonyl (C=S) groups is 1. The van der Waals surface area contributed by atoms with Crippen LogP contribution in [0, 0.1) is 0 Å². The Kier molecular flexibility index (Phi) is 5.58. The van der Waals surface area contributed by atoms with E-state index in [1.165, 1.54) is 0 Å². The quantitative estimate of drug-likeness (QED) is 0.702. The van der Waals surface area contributed by atoms with E-state index in [1.807, 2.05) is 6.07 Å². The second-order valence-corrected chi connectivity index (χ2v) is 6.21. The average molecular weight is 404 g/mol. The minimum Gasteiger partial charge on any atom is -0.331 e. The predicted molar refractivity (Wildman–Crippen MR) is 94.3 cm³/mol. The fourth-order valence-corrected chi connectivity index (χ4v) is 2.66. The number of halogens is 3. The highest BCUT2D eigenvalue weighted by Gasteiger charge is 2.09. The first-order valence-electron chi connectivity index (χ1n) is 5.78. The van der Waals surface area contributed by atoms with E-state index in [9.17, 15) is 4.79 Å². The molecule has 0 spiro atoms. The van der Waals surface area contributed by atoms with E-state index in [0.29, 0.717) is 21.3 Å². The number of carbonyl (C=O) groups excluding carboxylic acids is 1. The smallest absolute Gasteiger partial charge is 0.257 e. The molecule has 2 rings (SSSR count). The maximum absolute atomic E-state index is 12.0. The van der Waals surface area contributed by atoms with Crippen LogP contribution in [0.3, 0.4) is 0 Å². The summed E-state index contributed by atoms with van der Waals surface area (Å²) in [5.74, 6) is -0.344. The summed E-state index contributed by atoms with van der Waals surface area (Å²) in [6.45, 7) is 0. The van der Waals surface area contributed by atoms with Gasteiger partial charge in [-0.05, 0) is 48.6 Å². The van der Waals surface area contributed by atoms with E-state index in [-0.39, 0.29) is 11.0 Å². The molecule has 1 amide bonds. The Morgan fingerprint density at radius 2 is 1.90 bits per heavy atom. The van der Waals surface area contributed by atoms with Crippen LogP contribution in [-0.4, -0.2) is 11.0 Å². The molecule has 0 bridgehead atoms. The maximum Gasteiger partial charge on any atom is 0.257 e. The molecule has 0 unspecified atom stereocenters. The van der Waals surface area contributed by atoms with Crippen molar-refractivity contribution in [2.75, 3.05) is 5.32 Å². The van der Waals surface area contributed by atoms with Crippen molar-refractivity contribution < 1.29 is 4.79 Å². The summed E-state index contributed by atoms with van der Waals surface area (Å²) in [5.41, 5.74) is 1.03. The second kappa shape index (κ2) is 7.22. The number of hydrogen-bond donors (Lipinski definition) is 2. The van der Waals surface area contributed by atoms with Crippen LogP contribution in [0.15, 0.2) is 46.9 Å². The third-order valence-corrected chi connectivity index (χ3v) is 3.74. The van der Waals surface area contributed by atoms with E-state index < -0.39 is 0 Å². The van der Waals surface area contributed by atoms with Gasteiger partial charge in [0.15, 0.2) is 5.11 Å². The minimum absolute atomic E-state index is 0.157. The van der Waals surface area contributed by atoms with Crippen molar-refractivity contribution in [3.63, 3.8) is 0 Å². The molecule has 0 fully saturated rings. The van der Waals surface area contributed by atoms with Gasteiger partial charge in [-0.15, -0.1) is 0 Å². The Bertz CT molecular complexity index is 709. The normalized spacial score (nSPS) is 10.0. The van der Waals surface area contributed by atoms with Gasteiger partial charge in [-0.2, -0.15) is 0 Å². The summed E-state index contributed by atoms with van der Waals surface area (Å²) in [6.07, 6.45) is 0. The van der Waals surface area contributed by atoms with Crippen LogP contribution in [0.2, 0.25) is 10.0 Å². The van der Waals surface area contributed by atoms with E-state index in [1.54, 1.807) is 36.4 Å². The van der Waals surface area contributed by atoms with Crippen molar-refractivity contribution in [1.29, 1.82) is 0 Å². The number of amides is 1. The first kappa shape index (κ1) is 16.2. The highest BCUT2D eigenvalue weighted by Crippen LogP contribution is 2.25. The molecule has 21 heavy (non-hydrogen) atoms. The van der Waals surface area contributed by atoms with Crippen LogP contribution >= 0.6 is 51.3 Å². The lowest BCUT2D eigenvalue weighted by molar-refractivity contribution is 0.0977. The maximum atomic E-state index is 12.0. The van der Waals surface area contributed by atoms with E-state index >= 15 is 0 Å². The summed E-state index contributed by atoms with van der Waals surface area (Å²) < 4.78 is 0.854. The molecule has 0 saturated heterocycles. The highest BCUT2D eigenvalue weighted by molar-refractivity contribution is 9.10. The van der Waals surface area contributed by atoms with Crippen molar-refractivity contribution in [3.05, 3.63) is 62.5 Å². The van der Waals surface area contributed by atoms with Gasteiger partial charge in [0.1, 0.15) is 0 Å². The average Bonchev–Trinajstić information content (AvgIpc) is 2.42. The van der Waals surface area contributed by atoms with Gasteiger partial charge in [-0.3, -0.25) is 10.1 Å². The fourth-order valence-electron chi connectivity index (χ4n) is 1.55. The molecule has 0 aromatic heterocycles. The van der Waals surface area contributed by atoms with Gasteiger partial charge < -0.3 is 5.32 Å². The SMILES string of the molecule is O=C(NC(=S)Nc1ccc(Br)cc1Cl)c1cccc(Cl)c1. The molecule has 3 nitrogen and oxygen atoms in total. The summed E-state index contributed by atoms with van der Waals surface area (Å²) in [4.78, 5) is 12.0. The highest BCUT2D eigenvalue weighted by atomic mass is 79.9. The first-order chi connectivity index (χ1) is 9.95. The van der Waals surface area contributed by atoms with E-state index in [0.717, 1.165) is 4.47 Å². The molecule has 0 aliphatic rings. The monoisotopic (exact) mass is 402 g/mol. The van der Waals surface area contributed by atoms with Crippen molar-refractivity contribution in [2.24, 2.45) is 0 Å². The van der Waals surface area contributed by atoms with E-state index in [2.05, 4.69) is 26.6 Å². The van der Waals surface area contributed by atoms with Gasteiger partial charge in [0.05, 0.1) is 10.7 Å². The first-order valence-corrected chi connectivity index (χ1v) is 7.74. The third kappa shape index (κ3) is 4.68. The van der Waals surface area contributed by atoms with Crippen LogP contribution in [-0.2, 0) is 0 Å². The standard InChI is InChI=1S/C14H9BrCl2N2OS/c15-9-4-5-12(11(17)7-9)18-14(21)19-13(20)8-2-1-3-10(16)6-8/h1-7H,(H2,18,19,20,21). The number of nitrogens with one attached hydrogen (secondary N) is 2. The Hall–Kier alpha value is -1.14. The van der Waals surface area contributed by atoms with Crippen LogP contribution < -0.4 is 10.6 Å². The number of anilines is 1. The van der Waals surface area contributed by atoms with Crippen molar-refractivity contribution in [2.45, 2.75) is 0 Å². The molecule has 0 heterocycles. The lowest BCUT2D eigenvalue weighted by Gasteiger charge is -2.11. The third-order valence-electron chi connectivity index (χ3n) is 2.49. The zero-order valence-corrected chi connectivity index (χ0v) is 14.4. The molecule has 2 N–H and O–H groups in total. The van der Waals surface area contributed by atoms with Crippen LogP contribution in [0.25, 0.3) is 0 Å². The molecular weight excluding hydrogens is 395 g/mol. The van der Waals surface area contributed by atoms with Gasteiger partial charge in [-0.25, -0.2) is 0 Å². The van der Waals surface area contributed by atoms with Crippen LogP contribution in [0.4, 0.5) is 5.69 Å². The Labute approximate surface area is 145 Å². The Morgan fingerprint density at radius 3 is 2.57 bits per heavy atom. The summed E-state index contributed by atoms with van der Waals surface area (Å²) in [5, 5.41) is 6.56. The number of carbonyl (C=O) groups is 1. The lowest BCUT2D eigenvalue weighted by atomic mass is 10.2. The number of hydrogen-bond acceptors (Lipinski definition) is 2. The molecule has 7 heteroatoms. The number of benzene rings is 2. The van der Waals surface area contributed by atoms with Gasteiger partial charge in [0.2, 0.25) is 0 Å². The van der Waals surface area contributed by atoms with Gasteiger partial charge in [-0.1, -0.05) is 45.2 Å². The molecule has 0 radical (unpaired) electrons. The van der Waals surface area contributed by atoms with Crippen LogP contribution in [0.5, 0.6) is 0 Å². The summed E-state index contributed by atoms with van der Waals surface area (Å²) in [7, 11) is 0. The molecule has 0 aliphatic carbocycles. The number of rotatable bonds is 2. The molecule has 2 aromatic carbocycles.